The van der Waals surface area contributed by atoms with Gasteiger partial charge in [-0.2, -0.15) is 0 Å². The van der Waals surface area contributed by atoms with Gasteiger partial charge in [0.15, 0.2) is 0 Å². The molecule has 0 bridgehead atoms. The van der Waals surface area contributed by atoms with Gasteiger partial charge < -0.3 is 9.84 Å². The van der Waals surface area contributed by atoms with E-state index >= 15 is 0 Å². The Morgan fingerprint density at radius 1 is 1.36 bits per heavy atom. The van der Waals surface area contributed by atoms with Crippen molar-refractivity contribution < 1.29 is 19.4 Å². The fourth-order valence-corrected chi connectivity index (χ4v) is 0.612. The Hall–Kier alpha value is -1.32. The van der Waals surface area contributed by atoms with Gasteiger partial charge in [-0.15, -0.1) is 0 Å². The van der Waals surface area contributed by atoms with Gasteiger partial charge >= 0.3 is 11.9 Å². The second kappa shape index (κ2) is 5.42. The maximum absolute atomic E-state index is 11.0. The zero-order chi connectivity index (χ0) is 11.2. The van der Waals surface area contributed by atoms with E-state index < -0.39 is 11.9 Å². The Kier molecular flexibility index (Phi) is 4.91. The highest BCUT2D eigenvalue weighted by Crippen LogP contribution is 2.13. The van der Waals surface area contributed by atoms with E-state index in [0.29, 0.717) is 6.61 Å². The van der Waals surface area contributed by atoms with E-state index in [1.807, 2.05) is 20.8 Å². The molecule has 0 unspecified atom stereocenters. The predicted molar refractivity (Wildman–Crippen MR) is 51.8 cm³/mol. The summed E-state index contributed by atoms with van der Waals surface area (Å²) in [6.45, 7) is 6.20. The van der Waals surface area contributed by atoms with Gasteiger partial charge in [0.05, 0.1) is 13.0 Å². The minimum atomic E-state index is -1.06. The first-order valence-electron chi connectivity index (χ1n) is 4.36. The number of carbonyl (C=O) groups is 2. The Labute approximate surface area is 83.6 Å². The Bertz CT molecular complexity index is 235. The Morgan fingerprint density at radius 2 is 1.93 bits per heavy atom. The monoisotopic (exact) mass is 200 g/mol. The van der Waals surface area contributed by atoms with Crippen LogP contribution in [0.25, 0.3) is 0 Å². The third kappa shape index (κ3) is 8.77. The van der Waals surface area contributed by atoms with Crippen LogP contribution in [0.4, 0.5) is 0 Å². The van der Waals surface area contributed by atoms with Crippen molar-refractivity contribution in [3.8, 4) is 0 Å². The molecule has 0 aliphatic heterocycles. The van der Waals surface area contributed by atoms with E-state index in [1.54, 1.807) is 0 Å². The molecule has 0 aliphatic carbocycles. The summed E-state index contributed by atoms with van der Waals surface area (Å²) in [5.41, 5.74) is -0.0633. The van der Waals surface area contributed by atoms with Crippen molar-refractivity contribution in [1.82, 2.24) is 0 Å². The highest BCUT2D eigenvalue weighted by Gasteiger charge is 2.12. The number of aliphatic carboxylic acids is 1. The molecule has 0 rings (SSSR count). The van der Waals surface area contributed by atoms with Gasteiger partial charge in [0, 0.05) is 6.08 Å². The minimum Gasteiger partial charge on any atom is -0.478 e. The second-order valence-corrected chi connectivity index (χ2v) is 4.17. The molecular weight excluding hydrogens is 184 g/mol. The van der Waals surface area contributed by atoms with Crippen molar-refractivity contribution in [2.75, 3.05) is 6.61 Å². The van der Waals surface area contributed by atoms with Crippen LogP contribution in [0.2, 0.25) is 0 Å². The summed E-state index contributed by atoms with van der Waals surface area (Å²) in [7, 11) is 0. The lowest BCUT2D eigenvalue weighted by molar-refractivity contribution is -0.145. The number of carboxylic acid groups (broad SMARTS) is 1. The van der Waals surface area contributed by atoms with Gasteiger partial charge in [0.1, 0.15) is 0 Å². The van der Waals surface area contributed by atoms with Gasteiger partial charge in [0.25, 0.3) is 0 Å². The summed E-state index contributed by atoms with van der Waals surface area (Å²) < 4.78 is 4.91. The van der Waals surface area contributed by atoms with E-state index in [-0.39, 0.29) is 11.8 Å². The van der Waals surface area contributed by atoms with Gasteiger partial charge in [-0.25, -0.2) is 4.79 Å². The molecule has 0 fully saturated rings. The fourth-order valence-electron chi connectivity index (χ4n) is 0.612. The molecule has 0 saturated carbocycles. The van der Waals surface area contributed by atoms with Crippen LogP contribution in [-0.4, -0.2) is 23.7 Å². The zero-order valence-electron chi connectivity index (χ0n) is 8.74. The topological polar surface area (TPSA) is 63.6 Å². The number of carboxylic acids is 1. The SMILES string of the molecule is CC(C)(C)COC(=O)C/C=C/C(=O)O. The van der Waals surface area contributed by atoms with Crippen LogP contribution >= 0.6 is 0 Å². The molecule has 0 atom stereocenters. The van der Waals surface area contributed by atoms with Crippen LogP contribution in [0.5, 0.6) is 0 Å². The molecule has 14 heavy (non-hydrogen) atoms. The molecule has 4 nitrogen and oxygen atoms in total. The standard InChI is InChI=1S/C10H16O4/c1-10(2,3)7-14-9(13)6-4-5-8(11)12/h4-5H,6-7H2,1-3H3,(H,11,12)/b5-4+. The molecule has 4 heteroatoms. The lowest BCUT2D eigenvalue weighted by atomic mass is 9.99. The number of esters is 1. The molecular formula is C10H16O4. The smallest absolute Gasteiger partial charge is 0.327 e. The number of carbonyl (C=O) groups excluding carboxylic acids is 1. The summed E-state index contributed by atoms with van der Waals surface area (Å²) in [5, 5.41) is 8.25. The summed E-state index contributed by atoms with van der Waals surface area (Å²) >= 11 is 0. The number of hydrogen-bond donors (Lipinski definition) is 1. The van der Waals surface area contributed by atoms with Crippen molar-refractivity contribution in [2.45, 2.75) is 27.2 Å². The minimum absolute atomic E-state index is 0.00236. The first-order valence-corrected chi connectivity index (χ1v) is 4.36. The molecule has 0 aromatic carbocycles. The largest absolute Gasteiger partial charge is 0.478 e. The first-order chi connectivity index (χ1) is 6.31. The molecule has 0 amide bonds. The molecule has 0 aromatic rings. The molecule has 0 aromatic heterocycles. The summed E-state index contributed by atoms with van der Waals surface area (Å²) in [6, 6.07) is 0. The lowest BCUT2D eigenvalue weighted by Gasteiger charge is -2.17. The van der Waals surface area contributed by atoms with E-state index in [2.05, 4.69) is 0 Å². The summed E-state index contributed by atoms with van der Waals surface area (Å²) in [5.74, 6) is -1.47. The zero-order valence-corrected chi connectivity index (χ0v) is 8.74. The van der Waals surface area contributed by atoms with Crippen molar-refractivity contribution in [1.29, 1.82) is 0 Å². The normalized spacial score (nSPS) is 11.6. The lowest BCUT2D eigenvalue weighted by Crippen LogP contribution is -2.17. The highest BCUT2D eigenvalue weighted by atomic mass is 16.5. The average molecular weight is 200 g/mol. The van der Waals surface area contributed by atoms with Crippen LogP contribution in [0.3, 0.4) is 0 Å². The van der Waals surface area contributed by atoms with Crippen molar-refractivity contribution in [3.63, 3.8) is 0 Å². The maximum atomic E-state index is 11.0. The van der Waals surface area contributed by atoms with Crippen molar-refractivity contribution >= 4 is 11.9 Å². The fraction of sp³-hybridized carbons (Fsp3) is 0.600. The third-order valence-corrected chi connectivity index (χ3v) is 1.21. The summed E-state index contributed by atoms with van der Waals surface area (Å²) in [6.07, 6.45) is 2.20. The Morgan fingerprint density at radius 3 is 2.36 bits per heavy atom. The third-order valence-electron chi connectivity index (χ3n) is 1.21. The highest BCUT2D eigenvalue weighted by molar-refractivity contribution is 5.81. The average Bonchev–Trinajstić information content (AvgIpc) is 1.99. The molecule has 80 valence electrons. The molecule has 0 heterocycles. The van der Waals surface area contributed by atoms with Crippen LogP contribution in [0, 0.1) is 5.41 Å². The van der Waals surface area contributed by atoms with E-state index in [4.69, 9.17) is 9.84 Å². The second-order valence-electron chi connectivity index (χ2n) is 4.17. The Balaban J connectivity index is 3.72. The maximum Gasteiger partial charge on any atom is 0.327 e. The molecule has 0 aliphatic rings. The molecule has 1 N–H and O–H groups in total. The van der Waals surface area contributed by atoms with Gasteiger partial charge in [-0.1, -0.05) is 26.8 Å². The van der Waals surface area contributed by atoms with Crippen molar-refractivity contribution in [3.05, 3.63) is 12.2 Å². The van der Waals surface area contributed by atoms with Crippen LogP contribution in [0.1, 0.15) is 27.2 Å². The number of hydrogen-bond acceptors (Lipinski definition) is 3. The van der Waals surface area contributed by atoms with E-state index in [1.165, 1.54) is 6.08 Å². The number of rotatable bonds is 4. The quantitative estimate of drug-likeness (QED) is 0.553. The molecule has 0 saturated heterocycles. The van der Waals surface area contributed by atoms with E-state index in [9.17, 15) is 9.59 Å². The molecule has 0 spiro atoms. The van der Waals surface area contributed by atoms with Gasteiger partial charge in [-0.05, 0) is 5.41 Å². The van der Waals surface area contributed by atoms with Crippen LogP contribution in [0.15, 0.2) is 12.2 Å². The van der Waals surface area contributed by atoms with Crippen molar-refractivity contribution in [2.24, 2.45) is 5.41 Å². The predicted octanol–water partition coefficient (Wildman–Crippen LogP) is 1.61. The van der Waals surface area contributed by atoms with Gasteiger partial charge in [-0.3, -0.25) is 4.79 Å². The van der Waals surface area contributed by atoms with E-state index in [0.717, 1.165) is 6.08 Å². The van der Waals surface area contributed by atoms with Crippen LogP contribution in [-0.2, 0) is 14.3 Å². The summed E-state index contributed by atoms with van der Waals surface area (Å²) in [4.78, 5) is 21.1. The number of ether oxygens (including phenoxy) is 1. The first kappa shape index (κ1) is 12.7. The molecule has 0 radical (unpaired) electrons. The van der Waals surface area contributed by atoms with Crippen LogP contribution < -0.4 is 0 Å². The van der Waals surface area contributed by atoms with Gasteiger partial charge in [0.2, 0.25) is 0 Å².